The van der Waals surface area contributed by atoms with Gasteiger partial charge in [-0.15, -0.1) is 0 Å². The molecule has 4 rings (SSSR count). The number of rotatable bonds is 7. The van der Waals surface area contributed by atoms with Crippen LogP contribution in [0.3, 0.4) is 0 Å². The van der Waals surface area contributed by atoms with Crippen LogP contribution in [0.15, 0.2) is 59.7 Å². The fourth-order valence-electron chi connectivity index (χ4n) is 3.34. The highest BCUT2D eigenvalue weighted by Gasteiger charge is 2.17. The van der Waals surface area contributed by atoms with E-state index in [1.165, 1.54) is 6.21 Å². The van der Waals surface area contributed by atoms with E-state index in [1.807, 2.05) is 32.9 Å². The molecule has 0 bridgehead atoms. The minimum absolute atomic E-state index is 0.128. The van der Waals surface area contributed by atoms with Gasteiger partial charge in [-0.05, 0) is 73.4 Å². The summed E-state index contributed by atoms with van der Waals surface area (Å²) in [5.74, 6) is 1.22. The van der Waals surface area contributed by atoms with Crippen molar-refractivity contribution in [1.29, 1.82) is 0 Å². The van der Waals surface area contributed by atoms with Gasteiger partial charge in [0.15, 0.2) is 18.1 Å². The van der Waals surface area contributed by atoms with Gasteiger partial charge < -0.3 is 18.9 Å². The third-order valence-corrected chi connectivity index (χ3v) is 5.30. The molecule has 8 nitrogen and oxygen atoms in total. The number of fused-ring (bicyclic) bond motifs is 1. The van der Waals surface area contributed by atoms with Crippen molar-refractivity contribution in [3.63, 3.8) is 0 Å². The van der Waals surface area contributed by atoms with E-state index < -0.39 is 5.97 Å². The lowest BCUT2D eigenvalue weighted by Crippen LogP contribution is -2.25. The van der Waals surface area contributed by atoms with Crippen LogP contribution in [0, 0.1) is 20.8 Å². The quantitative estimate of drug-likeness (QED) is 0.247. The molecule has 1 N–H and O–H groups in total. The summed E-state index contributed by atoms with van der Waals surface area (Å²) in [5.41, 5.74) is 6.48. The number of aryl methyl sites for hydroxylation is 2. The predicted octanol–water partition coefficient (Wildman–Crippen LogP) is 4.09. The third kappa shape index (κ3) is 5.35. The summed E-state index contributed by atoms with van der Waals surface area (Å²) in [7, 11) is 0. The molecule has 0 unspecified atom stereocenters. The molecule has 3 aromatic rings. The van der Waals surface area contributed by atoms with Crippen LogP contribution >= 0.6 is 0 Å². The maximum Gasteiger partial charge on any atom is 0.343 e. The van der Waals surface area contributed by atoms with Gasteiger partial charge in [-0.3, -0.25) is 4.79 Å². The fourth-order valence-corrected chi connectivity index (χ4v) is 3.34. The number of benzene rings is 3. The Labute approximate surface area is 197 Å². The van der Waals surface area contributed by atoms with Crippen LogP contribution in [0.1, 0.15) is 32.6 Å². The molecule has 0 aromatic heterocycles. The first kappa shape index (κ1) is 22.8. The molecule has 0 saturated carbocycles. The zero-order chi connectivity index (χ0) is 24.1. The lowest BCUT2D eigenvalue weighted by molar-refractivity contribution is -0.123. The number of ether oxygens (including phenoxy) is 4. The number of esters is 1. The molecule has 0 atom stereocenters. The Morgan fingerprint density at radius 3 is 2.65 bits per heavy atom. The molecule has 1 aliphatic rings. The van der Waals surface area contributed by atoms with Crippen LogP contribution in [0.2, 0.25) is 0 Å². The van der Waals surface area contributed by atoms with Crippen LogP contribution in [-0.2, 0) is 4.79 Å². The first-order chi connectivity index (χ1) is 16.4. The van der Waals surface area contributed by atoms with E-state index in [0.29, 0.717) is 34.1 Å². The molecular weight excluding hydrogens is 436 g/mol. The lowest BCUT2D eigenvalue weighted by Gasteiger charge is -2.13. The molecule has 1 amide bonds. The van der Waals surface area contributed by atoms with Gasteiger partial charge in [-0.1, -0.05) is 24.3 Å². The lowest BCUT2D eigenvalue weighted by atomic mass is 10.1. The smallest absolute Gasteiger partial charge is 0.343 e. The Balaban J connectivity index is 1.31. The SMILES string of the molecule is Cc1ccc(C)c(OCC(=O)N/N=C/c2cccc(OC(=O)c3ccc4c(c3)OCO4)c2)c1C. The minimum Gasteiger partial charge on any atom is -0.483 e. The van der Waals surface area contributed by atoms with Gasteiger partial charge in [0.05, 0.1) is 11.8 Å². The van der Waals surface area contributed by atoms with E-state index in [1.54, 1.807) is 42.5 Å². The molecule has 0 saturated heterocycles. The first-order valence-electron chi connectivity index (χ1n) is 10.6. The Bertz CT molecular complexity index is 1270. The predicted molar refractivity (Wildman–Crippen MR) is 126 cm³/mol. The molecule has 0 spiro atoms. The molecule has 3 aromatic carbocycles. The topological polar surface area (TPSA) is 95.5 Å². The first-order valence-corrected chi connectivity index (χ1v) is 10.6. The highest BCUT2D eigenvalue weighted by Crippen LogP contribution is 2.32. The van der Waals surface area contributed by atoms with Crippen molar-refractivity contribution in [2.24, 2.45) is 5.10 Å². The number of nitrogens with one attached hydrogen (secondary N) is 1. The van der Waals surface area contributed by atoms with Gasteiger partial charge in [0.2, 0.25) is 6.79 Å². The molecule has 1 aliphatic heterocycles. The van der Waals surface area contributed by atoms with E-state index in [2.05, 4.69) is 10.5 Å². The standard InChI is InChI=1S/C26H24N2O6/c1-16-7-8-17(2)25(18(16)3)31-14-24(29)28-27-13-19-5-4-6-21(11-19)34-26(30)20-9-10-22-23(12-20)33-15-32-22/h4-13H,14-15H2,1-3H3,(H,28,29)/b27-13+. The zero-order valence-corrected chi connectivity index (χ0v) is 19.1. The average molecular weight is 460 g/mol. The molecule has 0 radical (unpaired) electrons. The highest BCUT2D eigenvalue weighted by molar-refractivity contribution is 5.92. The molecule has 0 fully saturated rings. The molecule has 1 heterocycles. The number of carbonyl (C=O) groups is 2. The van der Waals surface area contributed by atoms with E-state index in [4.69, 9.17) is 18.9 Å². The Hall–Kier alpha value is -4.33. The number of hydrazone groups is 1. The van der Waals surface area contributed by atoms with Crippen molar-refractivity contribution in [3.05, 3.63) is 82.4 Å². The number of hydrogen-bond acceptors (Lipinski definition) is 7. The third-order valence-electron chi connectivity index (χ3n) is 5.30. The van der Waals surface area contributed by atoms with Crippen LogP contribution < -0.4 is 24.4 Å². The number of carbonyl (C=O) groups excluding carboxylic acids is 2. The van der Waals surface area contributed by atoms with Crippen LogP contribution in [-0.4, -0.2) is 31.5 Å². The fraction of sp³-hybridized carbons (Fsp3) is 0.192. The van der Waals surface area contributed by atoms with E-state index in [9.17, 15) is 9.59 Å². The minimum atomic E-state index is -0.528. The summed E-state index contributed by atoms with van der Waals surface area (Å²) in [6, 6.07) is 15.6. The Kier molecular flexibility index (Phi) is 6.77. The summed E-state index contributed by atoms with van der Waals surface area (Å²) >= 11 is 0. The Morgan fingerprint density at radius 2 is 1.79 bits per heavy atom. The summed E-state index contributed by atoms with van der Waals surface area (Å²) in [6.07, 6.45) is 1.46. The molecule has 0 aliphatic carbocycles. The number of nitrogens with zero attached hydrogens (tertiary/aromatic N) is 1. The van der Waals surface area contributed by atoms with Gasteiger partial charge in [0.25, 0.3) is 5.91 Å². The largest absolute Gasteiger partial charge is 0.483 e. The second-order valence-electron chi connectivity index (χ2n) is 7.77. The van der Waals surface area contributed by atoms with Gasteiger partial charge in [0, 0.05) is 0 Å². The monoisotopic (exact) mass is 460 g/mol. The van der Waals surface area contributed by atoms with Crippen LogP contribution in [0.5, 0.6) is 23.0 Å². The van der Waals surface area contributed by atoms with Crippen molar-refractivity contribution in [1.82, 2.24) is 5.43 Å². The maximum absolute atomic E-state index is 12.5. The molecular formula is C26H24N2O6. The van der Waals surface area contributed by atoms with Gasteiger partial charge >= 0.3 is 5.97 Å². The molecule has 34 heavy (non-hydrogen) atoms. The normalized spacial score (nSPS) is 12.0. The van der Waals surface area contributed by atoms with Crippen molar-refractivity contribution < 1.29 is 28.5 Å². The second kappa shape index (κ2) is 10.1. The van der Waals surface area contributed by atoms with E-state index in [-0.39, 0.29) is 19.3 Å². The number of hydrogen-bond donors (Lipinski definition) is 1. The summed E-state index contributed by atoms with van der Waals surface area (Å²) in [5, 5.41) is 3.96. The van der Waals surface area contributed by atoms with E-state index >= 15 is 0 Å². The van der Waals surface area contributed by atoms with Crippen molar-refractivity contribution in [3.8, 4) is 23.0 Å². The van der Waals surface area contributed by atoms with Crippen LogP contribution in [0.25, 0.3) is 0 Å². The van der Waals surface area contributed by atoms with Gasteiger partial charge in [-0.25, -0.2) is 10.2 Å². The zero-order valence-electron chi connectivity index (χ0n) is 19.1. The van der Waals surface area contributed by atoms with Crippen LogP contribution in [0.4, 0.5) is 0 Å². The summed E-state index contributed by atoms with van der Waals surface area (Å²) in [6.45, 7) is 5.86. The van der Waals surface area contributed by atoms with Crippen molar-refractivity contribution in [2.75, 3.05) is 13.4 Å². The summed E-state index contributed by atoms with van der Waals surface area (Å²) < 4.78 is 21.7. The maximum atomic E-state index is 12.5. The second-order valence-corrected chi connectivity index (χ2v) is 7.77. The number of amides is 1. The van der Waals surface area contributed by atoms with Gasteiger partial charge in [-0.2, -0.15) is 5.10 Å². The van der Waals surface area contributed by atoms with E-state index in [0.717, 1.165) is 16.7 Å². The Morgan fingerprint density at radius 1 is 1.00 bits per heavy atom. The van der Waals surface area contributed by atoms with Crippen molar-refractivity contribution in [2.45, 2.75) is 20.8 Å². The van der Waals surface area contributed by atoms with Gasteiger partial charge in [0.1, 0.15) is 11.5 Å². The van der Waals surface area contributed by atoms with Crippen molar-refractivity contribution >= 4 is 18.1 Å². The average Bonchev–Trinajstić information content (AvgIpc) is 3.30. The molecule has 8 heteroatoms. The summed E-state index contributed by atoms with van der Waals surface area (Å²) in [4.78, 5) is 24.6. The highest BCUT2D eigenvalue weighted by atomic mass is 16.7. The molecule has 174 valence electrons.